The van der Waals surface area contributed by atoms with Crippen molar-refractivity contribution in [1.82, 2.24) is 19.5 Å². The van der Waals surface area contributed by atoms with Gasteiger partial charge in [-0.2, -0.15) is 4.98 Å². The van der Waals surface area contributed by atoms with E-state index in [9.17, 15) is 15.0 Å². The number of ether oxygens (including phenoxy) is 1. The van der Waals surface area contributed by atoms with Gasteiger partial charge >= 0.3 is 0 Å². The monoisotopic (exact) mass is 522 g/mol. The van der Waals surface area contributed by atoms with E-state index < -0.39 is 24.0 Å². The second kappa shape index (κ2) is 12.7. The van der Waals surface area contributed by atoms with Crippen LogP contribution < -0.4 is 16.6 Å². The normalized spacial score (nSPS) is 18.4. The highest BCUT2D eigenvalue weighted by Gasteiger charge is 2.35. The summed E-state index contributed by atoms with van der Waals surface area (Å²) in [5.74, 6) is 0.199. The first-order valence-corrected chi connectivity index (χ1v) is 13.0. The number of anilines is 3. The molecular formula is C28H38N6O4. The van der Waals surface area contributed by atoms with Crippen molar-refractivity contribution in [3.05, 3.63) is 64.2 Å². The van der Waals surface area contributed by atoms with Crippen LogP contribution in [0.25, 0.3) is 22.3 Å². The van der Waals surface area contributed by atoms with Crippen molar-refractivity contribution in [3.63, 3.8) is 0 Å². The van der Waals surface area contributed by atoms with Gasteiger partial charge in [-0.15, -0.1) is 0 Å². The highest BCUT2D eigenvalue weighted by atomic mass is 16.5. The molecule has 0 amide bonds. The maximum Gasteiger partial charge on any atom is 0.280 e. The third-order valence-electron chi connectivity index (χ3n) is 6.22. The van der Waals surface area contributed by atoms with E-state index in [2.05, 4.69) is 20.3 Å². The van der Waals surface area contributed by atoms with Crippen LogP contribution in [0.5, 0.6) is 0 Å². The molecule has 2 aromatic carbocycles. The summed E-state index contributed by atoms with van der Waals surface area (Å²) in [6.45, 7) is 11.7. The zero-order valence-electron chi connectivity index (χ0n) is 22.8. The van der Waals surface area contributed by atoms with Crippen LogP contribution in [0.1, 0.15) is 51.5 Å². The fraction of sp³-hybridized carbons (Fsp3) is 0.393. The van der Waals surface area contributed by atoms with Crippen molar-refractivity contribution in [2.24, 2.45) is 0 Å². The molecule has 0 radical (unpaired) electrons. The fourth-order valence-electron chi connectivity index (χ4n) is 4.33. The van der Waals surface area contributed by atoms with Crippen LogP contribution in [0, 0.1) is 13.8 Å². The van der Waals surface area contributed by atoms with E-state index in [1.807, 2.05) is 77.9 Å². The van der Waals surface area contributed by atoms with Gasteiger partial charge in [0.1, 0.15) is 12.3 Å². The topological polar surface area (TPSA) is 151 Å². The molecule has 0 saturated carbocycles. The first kappa shape index (κ1) is 28.8. The van der Waals surface area contributed by atoms with Crippen molar-refractivity contribution in [2.45, 2.75) is 66.4 Å². The number of aromatic amines is 1. The van der Waals surface area contributed by atoms with E-state index in [0.717, 1.165) is 22.3 Å². The van der Waals surface area contributed by atoms with Crippen LogP contribution in [0.2, 0.25) is 0 Å². The van der Waals surface area contributed by atoms with Crippen molar-refractivity contribution in [3.8, 4) is 11.1 Å². The van der Waals surface area contributed by atoms with Gasteiger partial charge < -0.3 is 26.0 Å². The predicted molar refractivity (Wildman–Crippen MR) is 152 cm³/mol. The Kier molecular flexibility index (Phi) is 9.62. The van der Waals surface area contributed by atoms with Crippen LogP contribution in [0.15, 0.2) is 47.5 Å². The quantitative estimate of drug-likeness (QED) is 0.242. The minimum Gasteiger partial charge on any atom is -0.397 e. The molecule has 1 aliphatic heterocycles. The van der Waals surface area contributed by atoms with Gasteiger partial charge in [0, 0.05) is 6.42 Å². The molecule has 1 saturated heterocycles. The third-order valence-corrected chi connectivity index (χ3v) is 6.22. The molecule has 38 heavy (non-hydrogen) atoms. The molecular weight excluding hydrogens is 484 g/mol. The number of aliphatic hydroxyl groups excluding tert-OH is 2. The lowest BCUT2D eigenvalue weighted by Gasteiger charge is -2.16. The van der Waals surface area contributed by atoms with Gasteiger partial charge in [-0.05, 0) is 48.2 Å². The van der Waals surface area contributed by atoms with E-state index in [1.165, 1.54) is 6.33 Å². The number of H-pyrrole nitrogens is 1. The Labute approximate surface area is 222 Å². The highest BCUT2D eigenvalue weighted by Crippen LogP contribution is 2.34. The summed E-state index contributed by atoms with van der Waals surface area (Å²) in [4.78, 5) is 24.1. The number of nitrogens with two attached hydrogens (primary N) is 1. The Morgan fingerprint density at radius 2 is 1.87 bits per heavy atom. The van der Waals surface area contributed by atoms with Gasteiger partial charge in [0.15, 0.2) is 11.2 Å². The van der Waals surface area contributed by atoms with Gasteiger partial charge in [0.05, 0.1) is 30.4 Å². The number of aryl methyl sites for hydroxylation is 2. The average molecular weight is 523 g/mol. The van der Waals surface area contributed by atoms with Crippen LogP contribution in [0.4, 0.5) is 17.3 Å². The number of nitrogens with one attached hydrogen (secondary N) is 2. The lowest BCUT2D eigenvalue weighted by Crippen LogP contribution is -2.24. The van der Waals surface area contributed by atoms with Gasteiger partial charge in [0.2, 0.25) is 5.95 Å². The number of benzene rings is 2. The molecule has 4 aromatic rings. The minimum absolute atomic E-state index is 0.147. The predicted octanol–water partition coefficient (Wildman–Crippen LogP) is 4.42. The maximum absolute atomic E-state index is 12.7. The van der Waals surface area contributed by atoms with E-state index >= 15 is 0 Å². The Hall–Kier alpha value is -3.73. The van der Waals surface area contributed by atoms with Crippen molar-refractivity contribution in [2.75, 3.05) is 17.7 Å². The molecule has 5 rings (SSSR count). The highest BCUT2D eigenvalue weighted by molar-refractivity contribution is 5.82. The SMILES string of the molecule is CC.CC.Cc1ccccc1-c1cc(C)c(N)c(Nc2nc3c(ncn3C3CC(O)C(CO)O3)c(=O)[nH]2)c1. The van der Waals surface area contributed by atoms with Crippen LogP contribution in [0.3, 0.4) is 0 Å². The average Bonchev–Trinajstić information content (AvgIpc) is 3.52. The van der Waals surface area contributed by atoms with Gasteiger partial charge in [-0.1, -0.05) is 52.0 Å². The smallest absolute Gasteiger partial charge is 0.280 e. The Morgan fingerprint density at radius 3 is 2.53 bits per heavy atom. The summed E-state index contributed by atoms with van der Waals surface area (Å²) in [6.07, 6.45) is -0.423. The third kappa shape index (κ3) is 5.72. The fourth-order valence-corrected chi connectivity index (χ4v) is 4.33. The first-order valence-electron chi connectivity index (χ1n) is 13.0. The first-order chi connectivity index (χ1) is 18.4. The largest absolute Gasteiger partial charge is 0.397 e. The molecule has 0 bridgehead atoms. The lowest BCUT2D eigenvalue weighted by atomic mass is 9.97. The molecule has 0 aliphatic carbocycles. The molecule has 0 spiro atoms. The summed E-state index contributed by atoms with van der Waals surface area (Å²) >= 11 is 0. The van der Waals surface area contributed by atoms with Gasteiger partial charge in [-0.25, -0.2) is 4.98 Å². The summed E-state index contributed by atoms with van der Waals surface area (Å²) < 4.78 is 7.30. The number of aliphatic hydroxyl groups is 2. The molecule has 3 heterocycles. The number of aromatic nitrogens is 4. The number of fused-ring (bicyclic) bond motifs is 1. The molecule has 10 heteroatoms. The van der Waals surface area contributed by atoms with Crippen molar-refractivity contribution < 1.29 is 14.9 Å². The molecule has 2 aromatic heterocycles. The number of nitrogen functional groups attached to an aromatic ring is 1. The number of hydrogen-bond acceptors (Lipinski definition) is 8. The summed E-state index contributed by atoms with van der Waals surface area (Å²) in [5.41, 5.74) is 11.6. The lowest BCUT2D eigenvalue weighted by molar-refractivity contribution is -0.0432. The molecule has 3 atom stereocenters. The summed E-state index contributed by atoms with van der Waals surface area (Å²) in [5, 5.41) is 22.6. The van der Waals surface area contributed by atoms with E-state index in [1.54, 1.807) is 4.57 Å². The van der Waals surface area contributed by atoms with E-state index in [0.29, 0.717) is 17.0 Å². The van der Waals surface area contributed by atoms with Crippen LogP contribution in [-0.2, 0) is 4.74 Å². The molecule has 10 nitrogen and oxygen atoms in total. The Bertz CT molecular complexity index is 1430. The summed E-state index contributed by atoms with van der Waals surface area (Å²) in [6, 6.07) is 12.0. The van der Waals surface area contributed by atoms with Gasteiger partial charge in [-0.3, -0.25) is 14.3 Å². The van der Waals surface area contributed by atoms with Crippen molar-refractivity contribution >= 4 is 28.5 Å². The van der Waals surface area contributed by atoms with Crippen LogP contribution >= 0.6 is 0 Å². The molecule has 3 unspecified atom stereocenters. The number of imidazole rings is 1. The second-order valence-corrected chi connectivity index (χ2v) is 8.55. The zero-order chi connectivity index (χ0) is 28.0. The van der Waals surface area contributed by atoms with Crippen LogP contribution in [-0.4, -0.2) is 48.5 Å². The number of nitrogens with zero attached hydrogens (tertiary/aromatic N) is 3. The zero-order valence-corrected chi connectivity index (χ0v) is 22.8. The second-order valence-electron chi connectivity index (χ2n) is 8.55. The molecule has 204 valence electrons. The molecule has 1 aliphatic rings. The summed E-state index contributed by atoms with van der Waals surface area (Å²) in [7, 11) is 0. The standard InChI is InChI=1S/C24H26N6O4.2C2H6/c1-12-5-3-4-6-15(12)14-7-13(2)20(25)16(8-14)27-24-28-22-21(23(33)29-24)26-11-30(22)19-9-17(32)18(10-31)34-19;2*1-2/h3-8,11,17-19,31-32H,9-10,25H2,1-2H3,(H2,27,28,29,33);2*1-2H3. The molecule has 1 fully saturated rings. The van der Waals surface area contributed by atoms with E-state index in [-0.39, 0.29) is 24.5 Å². The molecule has 6 N–H and O–H groups in total. The Balaban J connectivity index is 0.000000956. The van der Waals surface area contributed by atoms with Gasteiger partial charge in [0.25, 0.3) is 5.56 Å². The minimum atomic E-state index is -0.820. The number of rotatable bonds is 5. The maximum atomic E-state index is 12.7. The number of hydrogen-bond donors (Lipinski definition) is 5. The van der Waals surface area contributed by atoms with Crippen molar-refractivity contribution in [1.29, 1.82) is 0 Å². The Morgan fingerprint density at radius 1 is 1.16 bits per heavy atom. The van der Waals surface area contributed by atoms with E-state index in [4.69, 9.17) is 10.5 Å².